The quantitative estimate of drug-likeness (QED) is 0.390. The number of imidazole rings is 1. The van der Waals surface area contributed by atoms with Gasteiger partial charge in [-0.05, 0) is 49.7 Å². The molecule has 0 spiro atoms. The molecule has 1 amide bonds. The molecule has 0 bridgehead atoms. The Labute approximate surface area is 187 Å². The number of carbonyl (C=O) groups is 1. The first-order chi connectivity index (χ1) is 15.7. The molecule has 6 heteroatoms. The van der Waals surface area contributed by atoms with Gasteiger partial charge in [-0.2, -0.15) is 0 Å². The van der Waals surface area contributed by atoms with Gasteiger partial charge in [0.25, 0.3) is 5.91 Å². The van der Waals surface area contributed by atoms with Crippen LogP contribution in [0.5, 0.6) is 11.5 Å². The van der Waals surface area contributed by atoms with Crippen LogP contribution in [0, 0.1) is 6.92 Å². The molecule has 0 saturated carbocycles. The van der Waals surface area contributed by atoms with Crippen molar-refractivity contribution in [3.05, 3.63) is 89.7 Å². The minimum Gasteiger partial charge on any atom is -0.496 e. The SMILES string of the molecule is COc1ccccc1C(=O)NCc1nc2ccccc2n1CCCOc1ccc(C)cc1. The fourth-order valence-corrected chi connectivity index (χ4v) is 3.64. The van der Waals surface area contributed by atoms with Gasteiger partial charge in [0.05, 0.1) is 36.9 Å². The van der Waals surface area contributed by atoms with E-state index in [0.717, 1.165) is 35.6 Å². The molecule has 0 atom stereocenters. The lowest BCUT2D eigenvalue weighted by Crippen LogP contribution is -2.25. The van der Waals surface area contributed by atoms with E-state index in [9.17, 15) is 4.79 Å². The molecule has 6 nitrogen and oxygen atoms in total. The Hall–Kier alpha value is -3.80. The van der Waals surface area contributed by atoms with Crippen molar-refractivity contribution in [1.29, 1.82) is 0 Å². The average molecular weight is 430 g/mol. The van der Waals surface area contributed by atoms with Crippen molar-refractivity contribution < 1.29 is 14.3 Å². The third kappa shape index (κ3) is 4.91. The fourth-order valence-electron chi connectivity index (χ4n) is 3.64. The Balaban J connectivity index is 1.44. The van der Waals surface area contributed by atoms with E-state index in [4.69, 9.17) is 14.5 Å². The molecule has 0 saturated heterocycles. The van der Waals surface area contributed by atoms with Gasteiger partial charge in [0.15, 0.2) is 0 Å². The molecule has 1 N–H and O–H groups in total. The van der Waals surface area contributed by atoms with Gasteiger partial charge < -0.3 is 19.4 Å². The molecule has 0 unspecified atom stereocenters. The molecule has 3 aromatic carbocycles. The zero-order valence-corrected chi connectivity index (χ0v) is 18.4. The van der Waals surface area contributed by atoms with E-state index in [1.807, 2.05) is 54.6 Å². The number of benzene rings is 3. The second kappa shape index (κ2) is 10.0. The molecule has 1 heterocycles. The number of ether oxygens (including phenoxy) is 2. The summed E-state index contributed by atoms with van der Waals surface area (Å²) in [5.41, 5.74) is 3.67. The first-order valence-corrected chi connectivity index (χ1v) is 10.7. The van der Waals surface area contributed by atoms with E-state index in [-0.39, 0.29) is 5.91 Å². The number of hydrogen-bond acceptors (Lipinski definition) is 4. The van der Waals surface area contributed by atoms with Crippen molar-refractivity contribution in [2.24, 2.45) is 0 Å². The maximum Gasteiger partial charge on any atom is 0.255 e. The van der Waals surface area contributed by atoms with Crippen LogP contribution in [0.4, 0.5) is 0 Å². The molecular weight excluding hydrogens is 402 g/mol. The van der Waals surface area contributed by atoms with Gasteiger partial charge in [-0.25, -0.2) is 4.98 Å². The fraction of sp³-hybridized carbons (Fsp3) is 0.231. The number of aryl methyl sites for hydroxylation is 2. The van der Waals surface area contributed by atoms with Gasteiger partial charge in [-0.3, -0.25) is 4.79 Å². The molecule has 0 radical (unpaired) electrons. The molecule has 0 aliphatic rings. The minimum absolute atomic E-state index is 0.191. The van der Waals surface area contributed by atoms with Gasteiger partial charge in [-0.15, -0.1) is 0 Å². The second-order valence-corrected chi connectivity index (χ2v) is 7.57. The predicted molar refractivity (Wildman–Crippen MR) is 125 cm³/mol. The molecule has 0 fully saturated rings. The van der Waals surface area contributed by atoms with Crippen molar-refractivity contribution in [1.82, 2.24) is 14.9 Å². The summed E-state index contributed by atoms with van der Waals surface area (Å²) in [4.78, 5) is 17.5. The van der Waals surface area contributed by atoms with Gasteiger partial charge in [0.1, 0.15) is 17.3 Å². The van der Waals surface area contributed by atoms with E-state index < -0.39 is 0 Å². The third-order valence-corrected chi connectivity index (χ3v) is 5.31. The largest absolute Gasteiger partial charge is 0.496 e. The summed E-state index contributed by atoms with van der Waals surface area (Å²) in [5, 5.41) is 2.98. The number of aromatic nitrogens is 2. The molecule has 1 aromatic heterocycles. The summed E-state index contributed by atoms with van der Waals surface area (Å²) in [7, 11) is 1.56. The monoisotopic (exact) mass is 429 g/mol. The van der Waals surface area contributed by atoms with Crippen molar-refractivity contribution >= 4 is 16.9 Å². The molecule has 0 aliphatic carbocycles. The van der Waals surface area contributed by atoms with Crippen molar-refractivity contribution in [2.75, 3.05) is 13.7 Å². The van der Waals surface area contributed by atoms with Crippen molar-refractivity contribution in [3.8, 4) is 11.5 Å². The van der Waals surface area contributed by atoms with Gasteiger partial charge in [-0.1, -0.05) is 42.0 Å². The predicted octanol–water partition coefficient (Wildman–Crippen LogP) is 4.75. The van der Waals surface area contributed by atoms with E-state index in [1.165, 1.54) is 5.56 Å². The first-order valence-electron chi connectivity index (χ1n) is 10.7. The molecule has 32 heavy (non-hydrogen) atoms. The van der Waals surface area contributed by atoms with Crippen molar-refractivity contribution in [2.45, 2.75) is 26.4 Å². The van der Waals surface area contributed by atoms with E-state index in [1.54, 1.807) is 19.2 Å². The Kier molecular flexibility index (Phi) is 6.70. The van der Waals surface area contributed by atoms with E-state index >= 15 is 0 Å². The van der Waals surface area contributed by atoms with E-state index in [2.05, 4.69) is 22.9 Å². The van der Waals surface area contributed by atoms with Crippen molar-refractivity contribution in [3.63, 3.8) is 0 Å². The number of rotatable bonds is 9. The number of methoxy groups -OCH3 is 1. The molecule has 4 aromatic rings. The summed E-state index contributed by atoms with van der Waals surface area (Å²) in [6.45, 7) is 3.72. The van der Waals surface area contributed by atoms with Crippen LogP contribution in [0.15, 0.2) is 72.8 Å². The number of fused-ring (bicyclic) bond motifs is 1. The standard InChI is InChI=1S/C26H27N3O3/c1-19-12-14-20(15-13-19)32-17-7-16-29-23-10-5-4-9-22(23)28-25(29)18-27-26(30)21-8-3-6-11-24(21)31-2/h3-6,8-15H,7,16-18H2,1-2H3,(H,27,30). The maximum absolute atomic E-state index is 12.7. The summed E-state index contributed by atoms with van der Waals surface area (Å²) >= 11 is 0. The lowest BCUT2D eigenvalue weighted by molar-refractivity contribution is 0.0946. The summed E-state index contributed by atoms with van der Waals surface area (Å²) in [6.07, 6.45) is 0.821. The Morgan fingerprint density at radius 3 is 2.56 bits per heavy atom. The zero-order chi connectivity index (χ0) is 22.3. The number of amides is 1. The van der Waals surface area contributed by atoms with Crippen LogP contribution in [0.1, 0.15) is 28.2 Å². The Morgan fingerprint density at radius 1 is 1.00 bits per heavy atom. The Morgan fingerprint density at radius 2 is 1.75 bits per heavy atom. The number of nitrogens with one attached hydrogen (secondary N) is 1. The highest BCUT2D eigenvalue weighted by Gasteiger charge is 2.14. The molecular formula is C26H27N3O3. The lowest BCUT2D eigenvalue weighted by Gasteiger charge is -2.12. The number of para-hydroxylation sites is 3. The summed E-state index contributed by atoms with van der Waals surface area (Å²) in [6, 6.07) is 23.3. The molecule has 4 rings (SSSR count). The van der Waals surface area contributed by atoms with Crippen LogP contribution in [0.3, 0.4) is 0 Å². The average Bonchev–Trinajstić information content (AvgIpc) is 3.18. The Bertz CT molecular complexity index is 1200. The number of hydrogen-bond donors (Lipinski definition) is 1. The second-order valence-electron chi connectivity index (χ2n) is 7.57. The first kappa shape index (κ1) is 21.4. The highest BCUT2D eigenvalue weighted by Crippen LogP contribution is 2.19. The summed E-state index contributed by atoms with van der Waals surface area (Å²) < 4.78 is 13.3. The van der Waals surface area contributed by atoms with Crippen LogP contribution in [0.25, 0.3) is 11.0 Å². The molecule has 164 valence electrons. The van der Waals surface area contributed by atoms with Gasteiger partial charge in [0.2, 0.25) is 0 Å². The number of carbonyl (C=O) groups excluding carboxylic acids is 1. The lowest BCUT2D eigenvalue weighted by atomic mass is 10.2. The van der Waals surface area contributed by atoms with Crippen LogP contribution in [0.2, 0.25) is 0 Å². The summed E-state index contributed by atoms with van der Waals surface area (Å²) in [5.74, 6) is 2.04. The minimum atomic E-state index is -0.191. The van der Waals surface area contributed by atoms with Crippen LogP contribution in [-0.4, -0.2) is 29.2 Å². The smallest absolute Gasteiger partial charge is 0.255 e. The van der Waals surface area contributed by atoms with E-state index in [0.29, 0.717) is 24.5 Å². The maximum atomic E-state index is 12.7. The van der Waals surface area contributed by atoms with Gasteiger partial charge >= 0.3 is 0 Å². The highest BCUT2D eigenvalue weighted by atomic mass is 16.5. The topological polar surface area (TPSA) is 65.4 Å². The van der Waals surface area contributed by atoms with Crippen LogP contribution < -0.4 is 14.8 Å². The zero-order valence-electron chi connectivity index (χ0n) is 18.4. The third-order valence-electron chi connectivity index (χ3n) is 5.31. The normalized spacial score (nSPS) is 10.8. The van der Waals surface area contributed by atoms with Crippen LogP contribution >= 0.6 is 0 Å². The molecule has 0 aliphatic heterocycles. The highest BCUT2D eigenvalue weighted by molar-refractivity contribution is 5.96. The number of nitrogens with zero attached hydrogens (tertiary/aromatic N) is 2. The van der Waals surface area contributed by atoms with Gasteiger partial charge in [0, 0.05) is 6.54 Å². The van der Waals surface area contributed by atoms with Crippen LogP contribution in [-0.2, 0) is 13.1 Å².